The zero-order chi connectivity index (χ0) is 14.7. The molecule has 3 aromatic rings. The standard InChI is InChI=1S/C19H17NO/c1-14(15-8-3-2-4-9-15)20-19(21)18-13-7-11-16-10-5-6-12-17(16)18/h2-14H,1H3,(H,20,21)/t14-/m0/s1. The number of benzene rings is 3. The van der Waals surface area contributed by atoms with Crippen LogP contribution in [0.1, 0.15) is 28.9 Å². The third-order valence-corrected chi connectivity index (χ3v) is 3.68. The van der Waals surface area contributed by atoms with Crippen LogP contribution in [0.5, 0.6) is 0 Å². The number of hydrogen-bond donors (Lipinski definition) is 1. The highest BCUT2D eigenvalue weighted by Crippen LogP contribution is 2.19. The molecule has 0 heterocycles. The zero-order valence-corrected chi connectivity index (χ0v) is 11.9. The summed E-state index contributed by atoms with van der Waals surface area (Å²) in [7, 11) is 0. The van der Waals surface area contributed by atoms with Crippen molar-refractivity contribution in [2.75, 3.05) is 0 Å². The van der Waals surface area contributed by atoms with E-state index in [0.717, 1.165) is 21.9 Å². The van der Waals surface area contributed by atoms with Gasteiger partial charge in [-0.3, -0.25) is 4.79 Å². The van der Waals surface area contributed by atoms with E-state index >= 15 is 0 Å². The topological polar surface area (TPSA) is 29.1 Å². The predicted molar refractivity (Wildman–Crippen MR) is 86.3 cm³/mol. The molecule has 2 heteroatoms. The van der Waals surface area contributed by atoms with Crippen LogP contribution >= 0.6 is 0 Å². The normalized spacial score (nSPS) is 12.0. The number of amides is 1. The summed E-state index contributed by atoms with van der Waals surface area (Å²) in [5.41, 5.74) is 1.82. The largest absolute Gasteiger partial charge is 0.345 e. The Kier molecular flexibility index (Phi) is 3.69. The summed E-state index contributed by atoms with van der Waals surface area (Å²) in [4.78, 5) is 12.5. The van der Waals surface area contributed by atoms with Crippen molar-refractivity contribution < 1.29 is 4.79 Å². The van der Waals surface area contributed by atoms with Crippen LogP contribution in [-0.2, 0) is 0 Å². The molecule has 0 bridgehead atoms. The SMILES string of the molecule is C[C@H](NC(=O)c1cccc2ccccc12)c1ccccc1. The van der Waals surface area contributed by atoms with Crippen LogP contribution in [-0.4, -0.2) is 5.91 Å². The van der Waals surface area contributed by atoms with Crippen molar-refractivity contribution in [3.05, 3.63) is 83.9 Å². The molecule has 0 radical (unpaired) electrons. The third-order valence-electron chi connectivity index (χ3n) is 3.68. The summed E-state index contributed by atoms with van der Waals surface area (Å²) in [6, 6.07) is 23.7. The highest BCUT2D eigenvalue weighted by atomic mass is 16.1. The van der Waals surface area contributed by atoms with Crippen LogP contribution in [0.4, 0.5) is 0 Å². The van der Waals surface area contributed by atoms with Gasteiger partial charge in [-0.2, -0.15) is 0 Å². The van der Waals surface area contributed by atoms with Crippen molar-refractivity contribution in [1.29, 1.82) is 0 Å². The Balaban J connectivity index is 1.88. The number of rotatable bonds is 3. The van der Waals surface area contributed by atoms with E-state index in [4.69, 9.17) is 0 Å². The molecule has 21 heavy (non-hydrogen) atoms. The molecule has 0 aliphatic rings. The molecule has 0 spiro atoms. The molecule has 0 unspecified atom stereocenters. The van der Waals surface area contributed by atoms with Crippen LogP contribution in [0.25, 0.3) is 10.8 Å². The van der Waals surface area contributed by atoms with E-state index in [1.807, 2.05) is 79.7 Å². The highest BCUT2D eigenvalue weighted by molar-refractivity contribution is 6.07. The molecule has 3 aromatic carbocycles. The van der Waals surface area contributed by atoms with E-state index < -0.39 is 0 Å². The van der Waals surface area contributed by atoms with E-state index in [1.165, 1.54) is 0 Å². The van der Waals surface area contributed by atoms with Gasteiger partial charge in [0.2, 0.25) is 0 Å². The number of fused-ring (bicyclic) bond motifs is 1. The van der Waals surface area contributed by atoms with Gasteiger partial charge in [0.1, 0.15) is 0 Å². The molecule has 1 amide bonds. The molecule has 1 atom stereocenters. The van der Waals surface area contributed by atoms with E-state index in [0.29, 0.717) is 0 Å². The molecule has 1 N–H and O–H groups in total. The minimum Gasteiger partial charge on any atom is -0.345 e. The predicted octanol–water partition coefficient (Wildman–Crippen LogP) is 4.33. The van der Waals surface area contributed by atoms with Crippen molar-refractivity contribution in [2.24, 2.45) is 0 Å². The fourth-order valence-electron chi connectivity index (χ4n) is 2.52. The van der Waals surface area contributed by atoms with Gasteiger partial charge in [-0.05, 0) is 29.3 Å². The lowest BCUT2D eigenvalue weighted by atomic mass is 10.0. The molecule has 3 rings (SSSR count). The van der Waals surface area contributed by atoms with E-state index in [9.17, 15) is 4.79 Å². The van der Waals surface area contributed by atoms with E-state index in [1.54, 1.807) is 0 Å². The van der Waals surface area contributed by atoms with Gasteiger partial charge in [-0.25, -0.2) is 0 Å². The minimum absolute atomic E-state index is 0.0160. The third kappa shape index (κ3) is 2.79. The second-order valence-corrected chi connectivity index (χ2v) is 5.13. The number of carbonyl (C=O) groups is 1. The first-order chi connectivity index (χ1) is 10.3. The molecular formula is C19H17NO. The summed E-state index contributed by atoms with van der Waals surface area (Å²) in [5, 5.41) is 5.13. The van der Waals surface area contributed by atoms with Crippen molar-refractivity contribution in [3.63, 3.8) is 0 Å². The maximum Gasteiger partial charge on any atom is 0.252 e. The van der Waals surface area contributed by atoms with Crippen LogP contribution in [0.3, 0.4) is 0 Å². The number of nitrogens with one attached hydrogen (secondary N) is 1. The van der Waals surface area contributed by atoms with Gasteiger partial charge in [0, 0.05) is 5.56 Å². The maximum absolute atomic E-state index is 12.5. The minimum atomic E-state index is -0.0387. The lowest BCUT2D eigenvalue weighted by molar-refractivity contribution is 0.0941. The fourth-order valence-corrected chi connectivity index (χ4v) is 2.52. The molecule has 0 saturated heterocycles. The van der Waals surface area contributed by atoms with Gasteiger partial charge in [-0.1, -0.05) is 66.7 Å². The Morgan fingerprint density at radius 3 is 2.33 bits per heavy atom. The number of carbonyl (C=O) groups excluding carboxylic acids is 1. The van der Waals surface area contributed by atoms with Crippen LogP contribution in [0.15, 0.2) is 72.8 Å². The molecule has 104 valence electrons. The van der Waals surface area contributed by atoms with Gasteiger partial charge in [0.05, 0.1) is 6.04 Å². The Morgan fingerprint density at radius 2 is 1.52 bits per heavy atom. The zero-order valence-electron chi connectivity index (χ0n) is 11.9. The molecule has 0 fully saturated rings. The van der Waals surface area contributed by atoms with Crippen molar-refractivity contribution in [1.82, 2.24) is 5.32 Å². The van der Waals surface area contributed by atoms with Gasteiger partial charge in [0.25, 0.3) is 5.91 Å². The molecule has 0 aromatic heterocycles. The van der Waals surface area contributed by atoms with E-state index in [2.05, 4.69) is 5.32 Å². The molecular weight excluding hydrogens is 258 g/mol. The average molecular weight is 275 g/mol. The van der Waals surface area contributed by atoms with Crippen molar-refractivity contribution >= 4 is 16.7 Å². The van der Waals surface area contributed by atoms with Gasteiger partial charge < -0.3 is 5.32 Å². The van der Waals surface area contributed by atoms with Crippen molar-refractivity contribution in [3.8, 4) is 0 Å². The summed E-state index contributed by atoms with van der Waals surface area (Å²) >= 11 is 0. The smallest absolute Gasteiger partial charge is 0.252 e. The summed E-state index contributed by atoms with van der Waals surface area (Å²) < 4.78 is 0. The first-order valence-electron chi connectivity index (χ1n) is 7.09. The quantitative estimate of drug-likeness (QED) is 0.757. The Bertz CT molecular complexity index is 759. The maximum atomic E-state index is 12.5. The van der Waals surface area contributed by atoms with Gasteiger partial charge in [-0.15, -0.1) is 0 Å². The monoisotopic (exact) mass is 275 g/mol. The molecule has 0 aliphatic heterocycles. The first-order valence-corrected chi connectivity index (χ1v) is 7.09. The summed E-state index contributed by atoms with van der Waals surface area (Å²) in [5.74, 6) is -0.0387. The highest BCUT2D eigenvalue weighted by Gasteiger charge is 2.13. The van der Waals surface area contributed by atoms with Crippen LogP contribution in [0.2, 0.25) is 0 Å². The Morgan fingerprint density at radius 1 is 0.857 bits per heavy atom. The van der Waals surface area contributed by atoms with E-state index in [-0.39, 0.29) is 11.9 Å². The summed E-state index contributed by atoms with van der Waals surface area (Å²) in [6.07, 6.45) is 0. The average Bonchev–Trinajstić information content (AvgIpc) is 2.55. The fraction of sp³-hybridized carbons (Fsp3) is 0.105. The van der Waals surface area contributed by atoms with Gasteiger partial charge in [0.15, 0.2) is 0 Å². The Hall–Kier alpha value is -2.61. The van der Waals surface area contributed by atoms with Crippen LogP contribution < -0.4 is 5.32 Å². The van der Waals surface area contributed by atoms with Crippen molar-refractivity contribution in [2.45, 2.75) is 13.0 Å². The second kappa shape index (κ2) is 5.80. The van der Waals surface area contributed by atoms with Crippen LogP contribution in [0, 0.1) is 0 Å². The molecule has 0 aliphatic carbocycles. The lowest BCUT2D eigenvalue weighted by Gasteiger charge is -2.15. The summed E-state index contributed by atoms with van der Waals surface area (Å²) in [6.45, 7) is 2.00. The lowest BCUT2D eigenvalue weighted by Crippen LogP contribution is -2.26. The second-order valence-electron chi connectivity index (χ2n) is 5.13. The molecule has 0 saturated carbocycles. The first kappa shape index (κ1) is 13.4. The Labute approximate surface area is 124 Å². The van der Waals surface area contributed by atoms with Gasteiger partial charge >= 0.3 is 0 Å². The molecule has 2 nitrogen and oxygen atoms in total. The number of hydrogen-bond acceptors (Lipinski definition) is 1.